The average molecular weight is 1060 g/mol. The molecule has 0 aromatic rings. The summed E-state index contributed by atoms with van der Waals surface area (Å²) in [5.74, 6) is -0.320. The van der Waals surface area contributed by atoms with Crippen molar-refractivity contribution < 1.29 is 70.3 Å². The maximum atomic E-state index is 12.9. The molecule has 0 aliphatic heterocycles. The van der Waals surface area contributed by atoms with Gasteiger partial charge in [0.1, 0.15) is 6.10 Å². The summed E-state index contributed by atoms with van der Waals surface area (Å²) in [4.78, 5) is 45.2. The number of unbranched alkanes of at least 4 members (excludes halogenated alkanes) is 28. The van der Waals surface area contributed by atoms with Gasteiger partial charge in [0, 0.05) is 33.0 Å². The molecule has 0 spiro atoms. The van der Waals surface area contributed by atoms with E-state index in [1.807, 2.05) is 0 Å². The molecule has 0 fully saturated rings. The maximum absolute atomic E-state index is 12.9. The second-order valence-corrected chi connectivity index (χ2v) is 21.5. The van der Waals surface area contributed by atoms with Crippen molar-refractivity contribution in [3.05, 3.63) is 0 Å². The van der Waals surface area contributed by atoms with E-state index in [1.54, 1.807) is 0 Å². The zero-order chi connectivity index (χ0) is 52.0. The van der Waals surface area contributed by atoms with E-state index >= 15 is 0 Å². The van der Waals surface area contributed by atoms with Gasteiger partial charge in [0.15, 0.2) is 0 Å². The van der Waals surface area contributed by atoms with Crippen molar-refractivity contribution in [2.24, 2.45) is 0 Å². The van der Waals surface area contributed by atoms with E-state index in [-0.39, 0.29) is 64.5 Å². The number of hydrogen-bond donors (Lipinski definition) is 4. The van der Waals surface area contributed by atoms with E-state index in [0.29, 0.717) is 52.5 Å². The molecule has 2 amide bonds. The Balaban J connectivity index is 4.38. The standard InChI is InChI=1S/C52H106N2O15P2/c1-4-6-8-10-12-14-16-18-20-22-24-26-28-30-32-34-51(55)53-48-50(49-54-52(56)35-33-31-29-27-25-23-21-19-17-15-13-11-9-7-5-2)69-71(59,60)68-47-45-66-43-41-64-39-37-62-36-38-63-40-42-65-44-46-67-70(57,58)61-3/h50H,4-49H2,1-3H3,(H,53,55)(H,54,56)(H,57,58)(H,59,60). The molecule has 0 aromatic heterocycles. The number of ether oxygens (including phenoxy) is 5. The average Bonchev–Trinajstić information content (AvgIpc) is 3.35. The van der Waals surface area contributed by atoms with E-state index in [1.165, 1.54) is 154 Å². The number of amides is 2. The SMILES string of the molecule is CCCCCCCCCCCCCCCCCC(=O)NCC(CNC(=O)CCCCCCCCCCCCCCCCC)OP(=O)(O)OCCOCCOCCOCCOCCOCCOP(=O)(O)OC. The molecule has 0 saturated heterocycles. The lowest BCUT2D eigenvalue weighted by molar-refractivity contribution is -0.121. The van der Waals surface area contributed by atoms with Crippen LogP contribution in [-0.4, -0.2) is 127 Å². The molecule has 17 nitrogen and oxygen atoms in total. The Morgan fingerprint density at radius 3 is 0.887 bits per heavy atom. The second-order valence-electron chi connectivity index (χ2n) is 18.6. The summed E-state index contributed by atoms with van der Waals surface area (Å²) in [5.41, 5.74) is 0. The quantitative estimate of drug-likeness (QED) is 0.0329. The van der Waals surface area contributed by atoms with Crippen molar-refractivity contribution >= 4 is 27.5 Å². The fourth-order valence-electron chi connectivity index (χ4n) is 7.77. The van der Waals surface area contributed by atoms with Gasteiger partial charge in [0.2, 0.25) is 11.8 Å². The lowest BCUT2D eigenvalue weighted by Gasteiger charge is -2.22. The molecule has 0 radical (unpaired) electrons. The largest absolute Gasteiger partial charge is 0.472 e. The molecule has 0 rings (SSSR count). The van der Waals surface area contributed by atoms with Crippen LogP contribution in [0.4, 0.5) is 0 Å². The summed E-state index contributed by atoms with van der Waals surface area (Å²) in [6.07, 6.45) is 37.2. The van der Waals surface area contributed by atoms with E-state index in [9.17, 15) is 23.6 Å². The molecule has 0 aliphatic rings. The number of hydrogen-bond acceptors (Lipinski definition) is 13. The molecule has 19 heteroatoms. The molecule has 71 heavy (non-hydrogen) atoms. The van der Waals surface area contributed by atoms with E-state index in [4.69, 9.17) is 37.6 Å². The van der Waals surface area contributed by atoms with E-state index in [2.05, 4.69) is 33.5 Å². The van der Waals surface area contributed by atoms with Crippen molar-refractivity contribution in [1.29, 1.82) is 0 Å². The van der Waals surface area contributed by atoms with E-state index in [0.717, 1.165) is 45.6 Å². The van der Waals surface area contributed by atoms with Crippen molar-refractivity contribution in [2.45, 2.75) is 225 Å². The Morgan fingerprint density at radius 2 is 0.620 bits per heavy atom. The third kappa shape index (κ3) is 55.0. The maximum Gasteiger partial charge on any atom is 0.472 e. The highest BCUT2D eigenvalue weighted by molar-refractivity contribution is 7.47. The molecule has 2 unspecified atom stereocenters. The van der Waals surface area contributed by atoms with Gasteiger partial charge in [-0.25, -0.2) is 9.13 Å². The molecule has 0 heterocycles. The Labute approximate surface area is 431 Å². The monoisotopic (exact) mass is 1060 g/mol. The summed E-state index contributed by atoms with van der Waals surface area (Å²) in [7, 11) is -7.45. The number of phosphoric ester groups is 2. The van der Waals surface area contributed by atoms with Crippen LogP contribution in [0.3, 0.4) is 0 Å². The molecule has 0 bridgehead atoms. The van der Waals surface area contributed by atoms with Crippen LogP contribution in [0.1, 0.15) is 219 Å². The van der Waals surface area contributed by atoms with Gasteiger partial charge in [-0.15, -0.1) is 0 Å². The van der Waals surface area contributed by atoms with Crippen molar-refractivity contribution in [3.8, 4) is 0 Å². The fraction of sp³-hybridized carbons (Fsp3) is 0.962. The Morgan fingerprint density at radius 1 is 0.380 bits per heavy atom. The number of phosphoric acid groups is 2. The second kappa shape index (κ2) is 53.8. The van der Waals surface area contributed by atoms with Gasteiger partial charge < -0.3 is 44.1 Å². The van der Waals surface area contributed by atoms with Crippen LogP contribution < -0.4 is 10.6 Å². The summed E-state index contributed by atoms with van der Waals surface area (Å²) < 4.78 is 70.7. The van der Waals surface area contributed by atoms with Gasteiger partial charge in [0.25, 0.3) is 0 Å². The minimum absolute atomic E-state index is 0.0217. The highest BCUT2D eigenvalue weighted by Crippen LogP contribution is 2.44. The van der Waals surface area contributed by atoms with Crippen LogP contribution in [0.25, 0.3) is 0 Å². The van der Waals surface area contributed by atoms with Gasteiger partial charge in [-0.05, 0) is 12.8 Å². The summed E-state index contributed by atoms with van der Waals surface area (Å²) in [6.45, 7) is 6.84. The highest BCUT2D eigenvalue weighted by atomic mass is 31.2. The first-order chi connectivity index (χ1) is 34.5. The molecular formula is C52H106N2O15P2. The van der Waals surface area contributed by atoms with Gasteiger partial charge in [-0.1, -0.05) is 194 Å². The highest BCUT2D eigenvalue weighted by Gasteiger charge is 2.27. The minimum Gasteiger partial charge on any atom is -0.377 e. The fourth-order valence-corrected chi connectivity index (χ4v) is 9.07. The number of nitrogens with one attached hydrogen (secondary N) is 2. The minimum atomic E-state index is -4.55. The van der Waals surface area contributed by atoms with Crippen LogP contribution in [0.2, 0.25) is 0 Å². The first-order valence-corrected chi connectivity index (χ1v) is 31.1. The van der Waals surface area contributed by atoms with Crippen molar-refractivity contribution in [3.63, 3.8) is 0 Å². The van der Waals surface area contributed by atoms with Crippen LogP contribution >= 0.6 is 15.6 Å². The third-order valence-electron chi connectivity index (χ3n) is 12.0. The number of rotatable bonds is 59. The molecule has 4 N–H and O–H groups in total. The number of carbonyl (C=O) groups excluding carboxylic acids is 2. The zero-order valence-electron chi connectivity index (χ0n) is 45.2. The summed E-state index contributed by atoms with van der Waals surface area (Å²) in [6, 6.07) is 0. The lowest BCUT2D eigenvalue weighted by atomic mass is 10.0. The van der Waals surface area contributed by atoms with Gasteiger partial charge >= 0.3 is 15.6 Å². The first kappa shape index (κ1) is 70.0. The topological polar surface area (TPSA) is 216 Å². The molecular weight excluding hydrogens is 955 g/mol. The molecule has 2 atom stereocenters. The van der Waals surface area contributed by atoms with Gasteiger partial charge in [-0.3, -0.25) is 27.7 Å². The summed E-state index contributed by atoms with van der Waals surface area (Å²) in [5, 5.41) is 5.66. The molecule has 0 saturated carbocycles. The predicted molar refractivity (Wildman–Crippen MR) is 283 cm³/mol. The summed E-state index contributed by atoms with van der Waals surface area (Å²) >= 11 is 0. The van der Waals surface area contributed by atoms with Crippen molar-refractivity contribution in [2.75, 3.05) is 99.5 Å². The van der Waals surface area contributed by atoms with Crippen molar-refractivity contribution in [1.82, 2.24) is 10.6 Å². The number of carbonyl (C=O) groups is 2. The van der Waals surface area contributed by atoms with Crippen LogP contribution in [0.15, 0.2) is 0 Å². The van der Waals surface area contributed by atoms with Gasteiger partial charge in [0.05, 0.1) is 79.3 Å². The Kier molecular flexibility index (Phi) is 53.0. The third-order valence-corrected chi connectivity index (χ3v) is 14.1. The lowest BCUT2D eigenvalue weighted by Crippen LogP contribution is -2.41. The van der Waals surface area contributed by atoms with Crippen LogP contribution in [0.5, 0.6) is 0 Å². The Hall–Kier alpha value is -1.04. The Bertz CT molecular complexity index is 1210. The van der Waals surface area contributed by atoms with E-state index < -0.39 is 21.7 Å². The zero-order valence-corrected chi connectivity index (χ0v) is 47.0. The normalized spacial score (nSPS) is 13.4. The molecule has 0 aromatic carbocycles. The molecule has 0 aliphatic carbocycles. The smallest absolute Gasteiger partial charge is 0.377 e. The van der Waals surface area contributed by atoms with Crippen LogP contribution in [-0.2, 0) is 60.5 Å². The molecule has 424 valence electrons. The predicted octanol–water partition coefficient (Wildman–Crippen LogP) is 12.1. The van der Waals surface area contributed by atoms with Gasteiger partial charge in [-0.2, -0.15) is 0 Å². The van der Waals surface area contributed by atoms with Crippen LogP contribution in [0, 0.1) is 0 Å². The first-order valence-electron chi connectivity index (χ1n) is 28.2.